The number of hydrogen-bond donors (Lipinski definition) is 1. The lowest BCUT2D eigenvalue weighted by Gasteiger charge is -2.12. The molecule has 0 aliphatic carbocycles. The second-order valence-corrected chi connectivity index (χ2v) is 5.34. The molecular formula is C18H18O2. The topological polar surface area (TPSA) is 33.4 Å². The van der Waals surface area contributed by atoms with Crippen LogP contribution >= 0.6 is 0 Å². The van der Waals surface area contributed by atoms with Crippen molar-refractivity contribution in [1.29, 1.82) is 0 Å². The highest BCUT2D eigenvalue weighted by atomic mass is 16.3. The molecule has 0 fully saturated rings. The number of para-hydroxylation sites is 1. The first-order valence-electron chi connectivity index (χ1n) is 6.85. The summed E-state index contributed by atoms with van der Waals surface area (Å²) in [4.78, 5) is 0. The summed E-state index contributed by atoms with van der Waals surface area (Å²) >= 11 is 0. The van der Waals surface area contributed by atoms with E-state index >= 15 is 0 Å². The van der Waals surface area contributed by atoms with Gasteiger partial charge in [-0.05, 0) is 31.0 Å². The molecule has 3 aromatic rings. The van der Waals surface area contributed by atoms with E-state index in [1.165, 1.54) is 16.7 Å². The minimum atomic E-state index is -0.542. The van der Waals surface area contributed by atoms with E-state index in [2.05, 4.69) is 32.0 Å². The van der Waals surface area contributed by atoms with Gasteiger partial charge in [0, 0.05) is 17.4 Å². The molecule has 102 valence electrons. The zero-order valence-corrected chi connectivity index (χ0v) is 11.8. The Labute approximate surface area is 118 Å². The summed E-state index contributed by atoms with van der Waals surface area (Å²) in [5.74, 6) is 0. The van der Waals surface area contributed by atoms with Gasteiger partial charge >= 0.3 is 0 Å². The molecule has 0 aliphatic rings. The van der Waals surface area contributed by atoms with Crippen molar-refractivity contribution in [1.82, 2.24) is 0 Å². The second-order valence-electron chi connectivity index (χ2n) is 5.34. The van der Waals surface area contributed by atoms with Gasteiger partial charge in [0.05, 0.1) is 12.4 Å². The van der Waals surface area contributed by atoms with Gasteiger partial charge in [-0.1, -0.05) is 42.0 Å². The fraction of sp³-hybridized carbons (Fsp3) is 0.222. The van der Waals surface area contributed by atoms with Gasteiger partial charge in [-0.3, -0.25) is 0 Å². The lowest BCUT2D eigenvalue weighted by Crippen LogP contribution is -2.03. The Kier molecular flexibility index (Phi) is 3.33. The van der Waals surface area contributed by atoms with Crippen LogP contribution in [0.1, 0.15) is 28.4 Å². The molecule has 1 N–H and O–H groups in total. The molecule has 1 atom stereocenters. The molecule has 1 heterocycles. The maximum Gasteiger partial charge on any atom is 0.134 e. The smallest absolute Gasteiger partial charge is 0.134 e. The fourth-order valence-electron chi connectivity index (χ4n) is 2.59. The molecule has 0 bridgehead atoms. The standard InChI is InChI=1S/C18H18O2/c1-12-7-8-13(2)14(9-12)10-17(19)16-11-20-18-6-4-3-5-15(16)18/h3-9,11,17,19H,10H2,1-2H3. The largest absolute Gasteiger partial charge is 0.464 e. The molecule has 1 unspecified atom stereocenters. The van der Waals surface area contributed by atoms with Gasteiger partial charge in [0.1, 0.15) is 5.58 Å². The number of benzene rings is 2. The van der Waals surface area contributed by atoms with Crippen LogP contribution in [-0.2, 0) is 6.42 Å². The fourth-order valence-corrected chi connectivity index (χ4v) is 2.59. The van der Waals surface area contributed by atoms with Crippen molar-refractivity contribution >= 4 is 11.0 Å². The first-order valence-corrected chi connectivity index (χ1v) is 6.85. The van der Waals surface area contributed by atoms with Gasteiger partial charge in [-0.25, -0.2) is 0 Å². The quantitative estimate of drug-likeness (QED) is 0.765. The van der Waals surface area contributed by atoms with Crippen molar-refractivity contribution in [2.75, 3.05) is 0 Å². The number of aliphatic hydroxyl groups excluding tert-OH is 1. The summed E-state index contributed by atoms with van der Waals surface area (Å²) in [6, 6.07) is 14.1. The van der Waals surface area contributed by atoms with E-state index in [9.17, 15) is 5.11 Å². The zero-order valence-electron chi connectivity index (χ0n) is 11.8. The van der Waals surface area contributed by atoms with E-state index in [0.717, 1.165) is 16.5 Å². The van der Waals surface area contributed by atoms with Crippen LogP contribution < -0.4 is 0 Å². The predicted molar refractivity (Wildman–Crippen MR) is 80.8 cm³/mol. The Hall–Kier alpha value is -2.06. The van der Waals surface area contributed by atoms with Gasteiger partial charge in [-0.2, -0.15) is 0 Å². The summed E-state index contributed by atoms with van der Waals surface area (Å²) < 4.78 is 5.50. The van der Waals surface area contributed by atoms with E-state index < -0.39 is 6.10 Å². The van der Waals surface area contributed by atoms with Gasteiger partial charge in [0.15, 0.2) is 0 Å². The van der Waals surface area contributed by atoms with Crippen molar-refractivity contribution < 1.29 is 9.52 Å². The van der Waals surface area contributed by atoms with Crippen molar-refractivity contribution in [3.63, 3.8) is 0 Å². The maximum absolute atomic E-state index is 10.5. The summed E-state index contributed by atoms with van der Waals surface area (Å²) in [6.07, 6.45) is 1.73. The summed E-state index contributed by atoms with van der Waals surface area (Å²) in [7, 11) is 0. The number of rotatable bonds is 3. The normalized spacial score (nSPS) is 12.8. The minimum absolute atomic E-state index is 0.542. The molecule has 3 rings (SSSR count). The maximum atomic E-state index is 10.5. The first-order chi connectivity index (χ1) is 9.65. The Morgan fingerprint density at radius 3 is 2.75 bits per heavy atom. The third-order valence-corrected chi connectivity index (χ3v) is 3.79. The minimum Gasteiger partial charge on any atom is -0.464 e. The van der Waals surface area contributed by atoms with Crippen LogP contribution in [0.15, 0.2) is 53.1 Å². The number of aliphatic hydroxyl groups is 1. The number of furan rings is 1. The molecular weight excluding hydrogens is 248 g/mol. The molecule has 1 aromatic heterocycles. The second kappa shape index (κ2) is 5.14. The molecule has 0 aliphatic heterocycles. The zero-order chi connectivity index (χ0) is 14.1. The number of fused-ring (bicyclic) bond motifs is 1. The van der Waals surface area contributed by atoms with Gasteiger partial charge in [0.25, 0.3) is 0 Å². The van der Waals surface area contributed by atoms with Crippen LogP contribution in [0.25, 0.3) is 11.0 Å². The van der Waals surface area contributed by atoms with E-state index in [1.54, 1.807) is 6.26 Å². The Morgan fingerprint density at radius 2 is 1.90 bits per heavy atom. The SMILES string of the molecule is Cc1ccc(C)c(CC(O)c2coc3ccccc23)c1. The van der Waals surface area contributed by atoms with Crippen molar-refractivity contribution in [3.05, 3.63) is 71.0 Å². The third-order valence-electron chi connectivity index (χ3n) is 3.79. The van der Waals surface area contributed by atoms with E-state index in [-0.39, 0.29) is 0 Å². The lowest BCUT2D eigenvalue weighted by atomic mass is 9.96. The van der Waals surface area contributed by atoms with Gasteiger partial charge in [0.2, 0.25) is 0 Å². The molecule has 0 amide bonds. The third kappa shape index (κ3) is 2.35. The molecule has 2 heteroatoms. The summed E-state index contributed by atoms with van der Waals surface area (Å²) in [5.41, 5.74) is 5.30. The van der Waals surface area contributed by atoms with Crippen molar-refractivity contribution in [2.24, 2.45) is 0 Å². The Bertz CT molecular complexity index is 740. The molecule has 0 saturated heterocycles. The molecule has 0 saturated carbocycles. The highest BCUT2D eigenvalue weighted by molar-refractivity contribution is 5.81. The van der Waals surface area contributed by atoms with E-state index in [4.69, 9.17) is 4.42 Å². The van der Waals surface area contributed by atoms with Crippen LogP contribution in [0.2, 0.25) is 0 Å². The predicted octanol–water partition coefficient (Wildman–Crippen LogP) is 4.33. The highest BCUT2D eigenvalue weighted by Gasteiger charge is 2.15. The highest BCUT2D eigenvalue weighted by Crippen LogP contribution is 2.29. The van der Waals surface area contributed by atoms with Crippen LogP contribution in [0.4, 0.5) is 0 Å². The van der Waals surface area contributed by atoms with Crippen molar-refractivity contribution in [3.8, 4) is 0 Å². The molecule has 0 radical (unpaired) electrons. The monoisotopic (exact) mass is 266 g/mol. The van der Waals surface area contributed by atoms with Crippen LogP contribution in [0.5, 0.6) is 0 Å². The summed E-state index contributed by atoms with van der Waals surface area (Å²) in [5, 5.41) is 11.5. The molecule has 20 heavy (non-hydrogen) atoms. The van der Waals surface area contributed by atoms with Gasteiger partial charge < -0.3 is 9.52 Å². The van der Waals surface area contributed by atoms with Gasteiger partial charge in [-0.15, -0.1) is 0 Å². The Morgan fingerprint density at radius 1 is 1.10 bits per heavy atom. The average Bonchev–Trinajstić information content (AvgIpc) is 2.87. The summed E-state index contributed by atoms with van der Waals surface area (Å²) in [6.45, 7) is 4.15. The lowest BCUT2D eigenvalue weighted by molar-refractivity contribution is 0.178. The number of hydrogen-bond acceptors (Lipinski definition) is 2. The molecule has 2 nitrogen and oxygen atoms in total. The van der Waals surface area contributed by atoms with E-state index in [1.807, 2.05) is 24.3 Å². The average molecular weight is 266 g/mol. The van der Waals surface area contributed by atoms with Crippen LogP contribution in [0.3, 0.4) is 0 Å². The Balaban J connectivity index is 1.93. The van der Waals surface area contributed by atoms with Crippen LogP contribution in [0, 0.1) is 13.8 Å². The van der Waals surface area contributed by atoms with Crippen molar-refractivity contribution in [2.45, 2.75) is 26.4 Å². The molecule has 0 spiro atoms. The molecule has 2 aromatic carbocycles. The first kappa shape index (κ1) is 12.9. The number of aryl methyl sites for hydroxylation is 2. The van der Waals surface area contributed by atoms with Crippen LogP contribution in [-0.4, -0.2) is 5.11 Å². The van der Waals surface area contributed by atoms with E-state index in [0.29, 0.717) is 6.42 Å².